The summed E-state index contributed by atoms with van der Waals surface area (Å²) in [7, 11) is -3.57. The third-order valence-electron chi connectivity index (χ3n) is 8.11. The molecule has 0 saturated heterocycles. The topological polar surface area (TPSA) is 86.8 Å². The number of carbonyl (C=O) groups is 2. The van der Waals surface area contributed by atoms with E-state index in [-0.39, 0.29) is 37.4 Å². The van der Waals surface area contributed by atoms with Gasteiger partial charge in [-0.3, -0.25) is 13.9 Å². The van der Waals surface area contributed by atoms with Gasteiger partial charge in [0.1, 0.15) is 6.04 Å². The van der Waals surface area contributed by atoms with Crippen LogP contribution in [0.4, 0.5) is 5.69 Å². The highest BCUT2D eigenvalue weighted by molar-refractivity contribution is 9.10. The van der Waals surface area contributed by atoms with E-state index in [0.717, 1.165) is 52.4 Å². The first-order valence-electron chi connectivity index (χ1n) is 15.4. The Bertz CT molecular complexity index is 1500. The summed E-state index contributed by atoms with van der Waals surface area (Å²) in [6, 6.07) is 22.7. The number of hydrogen-bond acceptors (Lipinski definition) is 4. The predicted molar refractivity (Wildman–Crippen MR) is 181 cm³/mol. The normalized spacial score (nSPS) is 14.5. The molecule has 0 spiro atoms. The monoisotopic (exact) mass is 681 g/mol. The first-order valence-corrected chi connectivity index (χ1v) is 18.1. The van der Waals surface area contributed by atoms with E-state index in [2.05, 4.69) is 21.2 Å². The number of rotatable bonds is 13. The Morgan fingerprint density at radius 1 is 0.909 bits per heavy atom. The van der Waals surface area contributed by atoms with E-state index in [9.17, 15) is 18.0 Å². The number of amides is 2. The largest absolute Gasteiger partial charge is 0.352 e. The van der Waals surface area contributed by atoms with Gasteiger partial charge in [-0.15, -0.1) is 0 Å². The van der Waals surface area contributed by atoms with Crippen LogP contribution in [0.2, 0.25) is 0 Å². The highest BCUT2D eigenvalue weighted by Crippen LogP contribution is 2.24. The molecular weight excluding hydrogens is 638 g/mol. The minimum atomic E-state index is -3.57. The van der Waals surface area contributed by atoms with E-state index in [1.54, 1.807) is 4.90 Å². The van der Waals surface area contributed by atoms with Gasteiger partial charge in [0.2, 0.25) is 21.8 Å². The van der Waals surface area contributed by atoms with Gasteiger partial charge < -0.3 is 10.2 Å². The van der Waals surface area contributed by atoms with Crippen LogP contribution < -0.4 is 9.62 Å². The Balaban J connectivity index is 1.60. The number of benzene rings is 3. The summed E-state index contributed by atoms with van der Waals surface area (Å²) < 4.78 is 27.9. The summed E-state index contributed by atoms with van der Waals surface area (Å²) in [6.07, 6.45) is 7.25. The van der Waals surface area contributed by atoms with Crippen LogP contribution in [0.15, 0.2) is 77.3 Å². The molecule has 9 heteroatoms. The van der Waals surface area contributed by atoms with Crippen LogP contribution in [0.3, 0.4) is 0 Å². The number of anilines is 1. The van der Waals surface area contributed by atoms with Crippen molar-refractivity contribution in [3.05, 3.63) is 99.5 Å². The molecule has 3 aromatic carbocycles. The molecule has 1 aliphatic rings. The van der Waals surface area contributed by atoms with Crippen molar-refractivity contribution < 1.29 is 18.0 Å². The molecule has 0 heterocycles. The lowest BCUT2D eigenvalue weighted by Gasteiger charge is -2.34. The first kappa shape index (κ1) is 33.7. The predicted octanol–water partition coefficient (Wildman–Crippen LogP) is 6.70. The lowest BCUT2D eigenvalue weighted by Crippen LogP contribution is -2.52. The molecule has 1 aliphatic carbocycles. The van der Waals surface area contributed by atoms with E-state index in [1.165, 1.54) is 17.0 Å². The van der Waals surface area contributed by atoms with Gasteiger partial charge in [0.05, 0.1) is 11.9 Å². The summed E-state index contributed by atoms with van der Waals surface area (Å²) in [4.78, 5) is 29.8. The maximum Gasteiger partial charge on any atom is 0.243 e. The average Bonchev–Trinajstić information content (AvgIpc) is 2.97. The molecule has 0 aromatic heterocycles. The lowest BCUT2D eigenvalue weighted by atomic mass is 9.94. The van der Waals surface area contributed by atoms with Crippen molar-refractivity contribution in [1.29, 1.82) is 0 Å². The fourth-order valence-electron chi connectivity index (χ4n) is 6.03. The third-order valence-corrected chi connectivity index (χ3v) is 9.80. The average molecular weight is 683 g/mol. The minimum Gasteiger partial charge on any atom is -0.352 e. The lowest BCUT2D eigenvalue weighted by molar-refractivity contribution is -0.141. The molecule has 1 atom stereocenters. The molecule has 1 fully saturated rings. The number of sulfonamides is 1. The van der Waals surface area contributed by atoms with E-state index in [4.69, 9.17) is 0 Å². The number of nitrogens with one attached hydrogen (secondary N) is 1. The van der Waals surface area contributed by atoms with Crippen molar-refractivity contribution >= 4 is 43.5 Å². The Kier molecular flexibility index (Phi) is 12.0. The van der Waals surface area contributed by atoms with Crippen LogP contribution >= 0.6 is 15.9 Å². The summed E-state index contributed by atoms with van der Waals surface area (Å²) in [5.41, 5.74) is 4.42. The quantitative estimate of drug-likeness (QED) is 0.218. The molecule has 0 aliphatic heterocycles. The molecule has 1 unspecified atom stereocenters. The van der Waals surface area contributed by atoms with Crippen molar-refractivity contribution in [3.63, 3.8) is 0 Å². The third kappa shape index (κ3) is 9.92. The van der Waals surface area contributed by atoms with Gasteiger partial charge in [0, 0.05) is 36.4 Å². The maximum absolute atomic E-state index is 14.1. The number of carbonyl (C=O) groups excluding carboxylic acids is 2. The summed E-state index contributed by atoms with van der Waals surface area (Å²) in [6.45, 7) is 4.30. The molecule has 2 amide bonds. The van der Waals surface area contributed by atoms with E-state index in [0.29, 0.717) is 18.5 Å². The minimum absolute atomic E-state index is 0.104. The molecule has 3 aromatic rings. The Labute approximate surface area is 271 Å². The Hall–Kier alpha value is -3.17. The van der Waals surface area contributed by atoms with Gasteiger partial charge in [-0.25, -0.2) is 8.42 Å². The van der Waals surface area contributed by atoms with Crippen molar-refractivity contribution in [3.8, 4) is 0 Å². The smallest absolute Gasteiger partial charge is 0.243 e. The van der Waals surface area contributed by atoms with E-state index in [1.807, 2.05) is 86.6 Å². The molecule has 1 saturated carbocycles. The van der Waals surface area contributed by atoms with Crippen LogP contribution in [0.1, 0.15) is 67.2 Å². The van der Waals surface area contributed by atoms with Gasteiger partial charge in [-0.05, 0) is 79.6 Å². The van der Waals surface area contributed by atoms with Crippen LogP contribution in [0, 0.1) is 13.8 Å². The first-order chi connectivity index (χ1) is 21.0. The zero-order valence-corrected chi connectivity index (χ0v) is 28.4. The molecule has 4 rings (SSSR count). The highest BCUT2D eigenvalue weighted by atomic mass is 79.9. The van der Waals surface area contributed by atoms with Crippen LogP contribution in [-0.4, -0.2) is 50.0 Å². The zero-order valence-electron chi connectivity index (χ0n) is 26.0. The fourth-order valence-corrected chi connectivity index (χ4v) is 7.42. The number of aryl methyl sites for hydroxylation is 2. The van der Waals surface area contributed by atoms with Crippen molar-refractivity contribution in [2.75, 3.05) is 17.1 Å². The zero-order chi connectivity index (χ0) is 31.7. The number of hydrogen-bond donors (Lipinski definition) is 1. The summed E-state index contributed by atoms with van der Waals surface area (Å²) >= 11 is 3.54. The van der Waals surface area contributed by atoms with E-state index >= 15 is 0 Å². The second-order valence-electron chi connectivity index (χ2n) is 12.0. The number of halogens is 1. The summed E-state index contributed by atoms with van der Waals surface area (Å²) in [5, 5.41) is 3.27. The second-order valence-corrected chi connectivity index (χ2v) is 14.8. The second kappa shape index (κ2) is 15.7. The van der Waals surface area contributed by atoms with Gasteiger partial charge in [0.15, 0.2) is 0 Å². The molecule has 1 N–H and O–H groups in total. The Morgan fingerprint density at radius 3 is 2.20 bits per heavy atom. The van der Waals surface area contributed by atoms with Crippen molar-refractivity contribution in [2.45, 2.75) is 83.8 Å². The van der Waals surface area contributed by atoms with E-state index < -0.39 is 16.1 Å². The molecule has 236 valence electrons. The number of nitrogens with zero attached hydrogens (tertiary/aromatic N) is 2. The standard InChI is InChI=1S/C35H44BrN3O4S/c1-26-20-27(2)22-32(21-26)39(44(3,42)43)19-11-18-34(40)38(25-29-14-10-15-30(36)23-29)33(24-28-12-6-4-7-13-28)35(41)37-31-16-8-5-9-17-31/h4,6-7,10,12-15,20-23,31,33H,5,8-9,11,16-19,24-25H2,1-3H3,(H,37,41). The van der Waals surface area contributed by atoms with Crippen LogP contribution in [-0.2, 0) is 32.6 Å². The maximum atomic E-state index is 14.1. The van der Waals surface area contributed by atoms with Gasteiger partial charge in [-0.1, -0.05) is 83.7 Å². The van der Waals surface area contributed by atoms with Crippen molar-refractivity contribution in [1.82, 2.24) is 10.2 Å². The van der Waals surface area contributed by atoms with Gasteiger partial charge >= 0.3 is 0 Å². The van der Waals surface area contributed by atoms with Crippen molar-refractivity contribution in [2.24, 2.45) is 0 Å². The molecule has 0 radical (unpaired) electrons. The highest BCUT2D eigenvalue weighted by Gasteiger charge is 2.32. The molecule has 7 nitrogen and oxygen atoms in total. The van der Waals surface area contributed by atoms with Gasteiger partial charge in [-0.2, -0.15) is 0 Å². The van der Waals surface area contributed by atoms with Crippen LogP contribution in [0.25, 0.3) is 0 Å². The summed E-state index contributed by atoms with van der Waals surface area (Å²) in [5.74, 6) is -0.323. The van der Waals surface area contributed by atoms with Crippen LogP contribution in [0.5, 0.6) is 0 Å². The SMILES string of the molecule is Cc1cc(C)cc(N(CCCC(=O)N(Cc2cccc(Br)c2)C(Cc2ccccc2)C(=O)NC2CCCCC2)S(C)(=O)=O)c1. The molecular formula is C35H44BrN3O4S. The fraction of sp³-hybridized carbons (Fsp3) is 0.429. The van der Waals surface area contributed by atoms with Gasteiger partial charge in [0.25, 0.3) is 0 Å². The Morgan fingerprint density at radius 2 is 1.57 bits per heavy atom. The molecule has 0 bridgehead atoms. The molecule has 44 heavy (non-hydrogen) atoms.